The maximum Gasteiger partial charge on any atom is 0.276 e. The van der Waals surface area contributed by atoms with Crippen molar-refractivity contribution in [3.05, 3.63) is 70.8 Å². The summed E-state index contributed by atoms with van der Waals surface area (Å²) < 4.78 is 5.36. The molecular weight excluding hydrogens is 410 g/mol. The Kier molecular flexibility index (Phi) is 6.03. The van der Waals surface area contributed by atoms with Gasteiger partial charge in [0.2, 0.25) is 0 Å². The third kappa shape index (κ3) is 4.11. The molecule has 0 radical (unpaired) electrons. The molecule has 0 bridgehead atoms. The Hall–Kier alpha value is -3.85. The van der Waals surface area contributed by atoms with Crippen molar-refractivity contribution < 1.29 is 19.1 Å². The highest BCUT2D eigenvalue weighted by Gasteiger charge is 2.23. The van der Waals surface area contributed by atoms with Crippen molar-refractivity contribution in [3.8, 4) is 5.75 Å². The fourth-order valence-corrected chi connectivity index (χ4v) is 2.98. The number of methoxy groups -OCH3 is 1. The van der Waals surface area contributed by atoms with E-state index in [1.807, 2.05) is 0 Å². The molecule has 1 aromatic heterocycles. The van der Waals surface area contributed by atoms with Crippen molar-refractivity contribution in [1.82, 2.24) is 9.97 Å². The van der Waals surface area contributed by atoms with E-state index in [0.29, 0.717) is 27.7 Å². The van der Waals surface area contributed by atoms with Crippen LogP contribution in [0.3, 0.4) is 0 Å². The Balaban J connectivity index is 1.85. The van der Waals surface area contributed by atoms with Gasteiger partial charge in [-0.3, -0.25) is 14.4 Å². The number of hydrogen-bond donors (Lipinski definition) is 3. The number of anilines is 2. The largest absolute Gasteiger partial charge is 0.494 e. The number of primary amides is 1. The van der Waals surface area contributed by atoms with E-state index in [0.717, 1.165) is 0 Å². The van der Waals surface area contributed by atoms with Crippen LogP contribution in [-0.2, 0) is 0 Å². The number of carbonyl (C=O) groups excluding carboxylic acids is 3. The van der Waals surface area contributed by atoms with Gasteiger partial charge in [-0.05, 0) is 24.3 Å². The van der Waals surface area contributed by atoms with Crippen LogP contribution in [0.2, 0.25) is 5.02 Å². The van der Waals surface area contributed by atoms with Crippen LogP contribution in [0.5, 0.6) is 5.75 Å². The fourth-order valence-electron chi connectivity index (χ4n) is 2.76. The van der Waals surface area contributed by atoms with Crippen molar-refractivity contribution >= 4 is 40.7 Å². The average Bonchev–Trinajstić information content (AvgIpc) is 3.23. The van der Waals surface area contributed by atoms with Crippen LogP contribution in [-0.4, -0.2) is 41.8 Å². The predicted octanol–water partition coefficient (Wildman–Crippen LogP) is 2.70. The van der Waals surface area contributed by atoms with E-state index < -0.39 is 17.7 Å². The molecule has 30 heavy (non-hydrogen) atoms. The number of H-pyrrole nitrogens is 1. The number of amides is 3. The highest BCUT2D eigenvalue weighted by Crippen LogP contribution is 2.31. The van der Waals surface area contributed by atoms with Crippen molar-refractivity contribution in [2.24, 2.45) is 5.73 Å². The van der Waals surface area contributed by atoms with Crippen molar-refractivity contribution in [3.63, 3.8) is 0 Å². The van der Waals surface area contributed by atoms with Gasteiger partial charge in [-0.25, -0.2) is 4.98 Å². The molecule has 2 aromatic carbocycles. The first-order valence-electron chi connectivity index (χ1n) is 8.68. The van der Waals surface area contributed by atoms with Crippen LogP contribution in [0.4, 0.5) is 11.4 Å². The first-order chi connectivity index (χ1) is 14.3. The molecule has 0 aliphatic heterocycles. The highest BCUT2D eigenvalue weighted by molar-refractivity contribution is 6.34. The predicted molar refractivity (Wildman–Crippen MR) is 112 cm³/mol. The molecule has 1 heterocycles. The summed E-state index contributed by atoms with van der Waals surface area (Å²) in [5.74, 6) is -1.41. The van der Waals surface area contributed by atoms with Gasteiger partial charge in [0.15, 0.2) is 5.69 Å². The quantitative estimate of drug-likeness (QED) is 0.556. The molecule has 154 valence electrons. The third-order valence-corrected chi connectivity index (χ3v) is 4.66. The topological polar surface area (TPSA) is 130 Å². The summed E-state index contributed by atoms with van der Waals surface area (Å²) in [6.07, 6.45) is 1.22. The minimum Gasteiger partial charge on any atom is -0.494 e. The van der Waals surface area contributed by atoms with Gasteiger partial charge in [0, 0.05) is 18.8 Å². The SMILES string of the molecule is COc1cc(N(C)C(=O)c2[nH]cnc2C(N)=O)ccc1NC(=O)c1ccccc1Cl. The lowest BCUT2D eigenvalue weighted by Crippen LogP contribution is -2.29. The van der Waals surface area contributed by atoms with Gasteiger partial charge in [-0.2, -0.15) is 0 Å². The third-order valence-electron chi connectivity index (χ3n) is 4.33. The van der Waals surface area contributed by atoms with Crippen molar-refractivity contribution in [2.45, 2.75) is 0 Å². The number of rotatable bonds is 6. The number of aromatic nitrogens is 2. The number of nitrogens with two attached hydrogens (primary N) is 1. The van der Waals surface area contributed by atoms with Crippen molar-refractivity contribution in [1.29, 1.82) is 0 Å². The highest BCUT2D eigenvalue weighted by atomic mass is 35.5. The van der Waals surface area contributed by atoms with Crippen LogP contribution >= 0.6 is 11.6 Å². The molecule has 4 N–H and O–H groups in total. The summed E-state index contributed by atoms with van der Waals surface area (Å²) in [4.78, 5) is 44.4. The average molecular weight is 428 g/mol. The van der Waals surface area contributed by atoms with E-state index in [1.54, 1.807) is 42.5 Å². The molecule has 3 aromatic rings. The maximum atomic E-state index is 12.7. The molecule has 0 unspecified atom stereocenters. The minimum absolute atomic E-state index is 0.0277. The molecule has 0 saturated heterocycles. The second-order valence-corrected chi connectivity index (χ2v) is 6.58. The minimum atomic E-state index is -0.816. The first-order valence-corrected chi connectivity index (χ1v) is 9.06. The van der Waals surface area contributed by atoms with Gasteiger partial charge in [0.25, 0.3) is 17.7 Å². The van der Waals surface area contributed by atoms with E-state index in [4.69, 9.17) is 22.1 Å². The van der Waals surface area contributed by atoms with Gasteiger partial charge in [-0.1, -0.05) is 23.7 Å². The summed E-state index contributed by atoms with van der Waals surface area (Å²) in [6, 6.07) is 11.4. The van der Waals surface area contributed by atoms with E-state index >= 15 is 0 Å². The van der Waals surface area contributed by atoms with Crippen LogP contribution in [0.25, 0.3) is 0 Å². The number of hydrogen-bond acceptors (Lipinski definition) is 5. The van der Waals surface area contributed by atoms with Crippen LogP contribution in [0, 0.1) is 0 Å². The Morgan fingerprint density at radius 3 is 2.60 bits per heavy atom. The molecule has 9 nitrogen and oxygen atoms in total. The van der Waals surface area contributed by atoms with E-state index in [2.05, 4.69) is 15.3 Å². The Bertz CT molecular complexity index is 1130. The van der Waals surface area contributed by atoms with Crippen molar-refractivity contribution in [2.75, 3.05) is 24.4 Å². The number of nitrogens with zero attached hydrogens (tertiary/aromatic N) is 2. The summed E-state index contributed by atoms with van der Waals surface area (Å²) in [6.45, 7) is 0. The van der Waals surface area contributed by atoms with Crippen LogP contribution in [0.15, 0.2) is 48.8 Å². The Morgan fingerprint density at radius 2 is 1.93 bits per heavy atom. The summed E-state index contributed by atoms with van der Waals surface area (Å²) in [5.41, 5.74) is 6.23. The zero-order valence-corrected chi connectivity index (χ0v) is 16.9. The molecule has 3 rings (SSSR count). The van der Waals surface area contributed by atoms with Crippen LogP contribution in [0.1, 0.15) is 31.3 Å². The van der Waals surface area contributed by atoms with Gasteiger partial charge < -0.3 is 25.7 Å². The molecular formula is C20H18ClN5O4. The van der Waals surface area contributed by atoms with E-state index in [-0.39, 0.29) is 11.4 Å². The molecule has 3 amide bonds. The van der Waals surface area contributed by atoms with E-state index in [9.17, 15) is 14.4 Å². The summed E-state index contributed by atoms with van der Waals surface area (Å²) in [5, 5.41) is 3.06. The summed E-state index contributed by atoms with van der Waals surface area (Å²) in [7, 11) is 2.96. The number of ether oxygens (including phenoxy) is 1. The monoisotopic (exact) mass is 427 g/mol. The van der Waals surface area contributed by atoms with Gasteiger partial charge in [0.1, 0.15) is 11.4 Å². The lowest BCUT2D eigenvalue weighted by atomic mass is 10.2. The molecule has 0 fully saturated rings. The number of benzene rings is 2. The standard InChI is InChI=1S/C20H18ClN5O4/c1-26(20(29)17-16(18(22)27)23-10-24-17)11-7-8-14(15(9-11)30-2)25-19(28)12-5-3-4-6-13(12)21/h3-10H,1-2H3,(H2,22,27)(H,23,24)(H,25,28). The zero-order chi connectivity index (χ0) is 21.8. The number of imidazole rings is 1. The van der Waals surface area contributed by atoms with Gasteiger partial charge >= 0.3 is 0 Å². The molecule has 10 heteroatoms. The lowest BCUT2D eigenvalue weighted by Gasteiger charge is -2.19. The van der Waals surface area contributed by atoms with E-state index in [1.165, 1.54) is 25.4 Å². The molecule has 0 aliphatic carbocycles. The van der Waals surface area contributed by atoms with Gasteiger partial charge in [0.05, 0.1) is 29.7 Å². The molecule has 0 spiro atoms. The second kappa shape index (κ2) is 8.66. The first kappa shape index (κ1) is 20.9. The normalized spacial score (nSPS) is 10.4. The second-order valence-electron chi connectivity index (χ2n) is 6.17. The smallest absolute Gasteiger partial charge is 0.276 e. The zero-order valence-electron chi connectivity index (χ0n) is 16.1. The van der Waals surface area contributed by atoms with Gasteiger partial charge in [-0.15, -0.1) is 0 Å². The molecule has 0 saturated carbocycles. The molecule has 0 atom stereocenters. The Morgan fingerprint density at radius 1 is 1.20 bits per heavy atom. The number of aromatic amines is 1. The summed E-state index contributed by atoms with van der Waals surface area (Å²) >= 11 is 6.07. The lowest BCUT2D eigenvalue weighted by molar-refractivity contribution is 0.0958. The maximum absolute atomic E-state index is 12.7. The Labute approximate surface area is 176 Å². The molecule has 0 aliphatic rings. The number of carbonyl (C=O) groups is 3. The number of nitrogens with one attached hydrogen (secondary N) is 2. The van der Waals surface area contributed by atoms with Crippen LogP contribution < -0.4 is 20.7 Å². The number of halogens is 1. The fraction of sp³-hybridized carbons (Fsp3) is 0.100.